The first kappa shape index (κ1) is 14.1. The minimum Gasteiger partial charge on any atom is -0.496 e. The van der Waals surface area contributed by atoms with Gasteiger partial charge in [-0.3, -0.25) is 4.79 Å². The number of pyridine rings is 1. The Morgan fingerprint density at radius 2 is 2.15 bits per heavy atom. The second-order valence-corrected chi connectivity index (χ2v) is 4.59. The molecule has 0 spiro atoms. The molecule has 104 valence electrons. The maximum atomic E-state index is 11.4. The van der Waals surface area contributed by atoms with Crippen LogP contribution in [-0.2, 0) is 6.54 Å². The van der Waals surface area contributed by atoms with Crippen molar-refractivity contribution in [2.75, 3.05) is 7.11 Å². The number of methoxy groups -OCH3 is 1. The predicted molar refractivity (Wildman–Crippen MR) is 74.8 cm³/mol. The lowest BCUT2D eigenvalue weighted by Crippen LogP contribution is -2.17. The Morgan fingerprint density at radius 1 is 1.40 bits per heavy atom. The van der Waals surface area contributed by atoms with E-state index >= 15 is 0 Å². The highest BCUT2D eigenvalue weighted by atomic mass is 35.5. The molecule has 1 aromatic heterocycles. The quantitative estimate of drug-likeness (QED) is 0.939. The van der Waals surface area contributed by atoms with E-state index < -0.39 is 11.4 Å². The summed E-state index contributed by atoms with van der Waals surface area (Å²) in [4.78, 5) is 22.3. The fourth-order valence-corrected chi connectivity index (χ4v) is 2.05. The smallest absolute Gasteiger partial charge is 0.341 e. The fourth-order valence-electron chi connectivity index (χ4n) is 1.85. The number of hydrogen-bond donors (Lipinski definition) is 1. The highest BCUT2D eigenvalue weighted by molar-refractivity contribution is 6.30. The van der Waals surface area contributed by atoms with Crippen molar-refractivity contribution >= 4 is 17.6 Å². The first-order valence-corrected chi connectivity index (χ1v) is 6.15. The van der Waals surface area contributed by atoms with Gasteiger partial charge in [0.15, 0.2) is 5.43 Å². The van der Waals surface area contributed by atoms with Crippen LogP contribution in [0.1, 0.15) is 15.9 Å². The van der Waals surface area contributed by atoms with Crippen molar-refractivity contribution < 1.29 is 14.6 Å². The summed E-state index contributed by atoms with van der Waals surface area (Å²) in [6.07, 6.45) is 2.82. The van der Waals surface area contributed by atoms with Gasteiger partial charge in [0.25, 0.3) is 0 Å². The Hall–Kier alpha value is -2.27. The SMILES string of the molecule is COc1ccc(Cl)cc1Cn1ccc(=O)c(C(=O)O)c1. The molecule has 1 aromatic carbocycles. The third kappa shape index (κ3) is 3.00. The van der Waals surface area contributed by atoms with Crippen molar-refractivity contribution in [1.82, 2.24) is 4.57 Å². The number of carboxylic acids is 1. The van der Waals surface area contributed by atoms with Crippen LogP contribution in [0.5, 0.6) is 5.75 Å². The Kier molecular flexibility index (Phi) is 4.10. The molecule has 0 aliphatic heterocycles. The lowest BCUT2D eigenvalue weighted by molar-refractivity contribution is 0.0694. The fraction of sp³-hybridized carbons (Fsp3) is 0.143. The molecule has 2 aromatic rings. The Labute approximate surface area is 120 Å². The number of carboxylic acid groups (broad SMARTS) is 1. The van der Waals surface area contributed by atoms with Crippen LogP contribution in [0.25, 0.3) is 0 Å². The van der Waals surface area contributed by atoms with Crippen molar-refractivity contribution in [3.8, 4) is 5.75 Å². The standard InChI is InChI=1S/C14H12ClNO4/c1-20-13-3-2-10(15)6-9(13)7-16-5-4-12(17)11(8-16)14(18)19/h2-6,8H,7H2,1H3,(H,18,19). The summed E-state index contributed by atoms with van der Waals surface area (Å²) in [5.74, 6) is -0.604. The monoisotopic (exact) mass is 293 g/mol. The first-order valence-electron chi connectivity index (χ1n) is 5.77. The van der Waals surface area contributed by atoms with Gasteiger partial charge in [0.1, 0.15) is 11.3 Å². The van der Waals surface area contributed by atoms with Gasteiger partial charge in [-0.05, 0) is 18.2 Å². The average molecular weight is 294 g/mol. The molecule has 6 heteroatoms. The molecule has 0 aliphatic rings. The zero-order chi connectivity index (χ0) is 14.7. The molecule has 0 saturated heterocycles. The summed E-state index contributed by atoms with van der Waals surface area (Å²) in [5, 5.41) is 9.50. The van der Waals surface area contributed by atoms with Gasteiger partial charge >= 0.3 is 5.97 Å². The van der Waals surface area contributed by atoms with E-state index in [-0.39, 0.29) is 5.56 Å². The van der Waals surface area contributed by atoms with Crippen molar-refractivity contribution in [3.05, 3.63) is 63.0 Å². The molecule has 0 fully saturated rings. The Balaban J connectivity index is 2.40. The van der Waals surface area contributed by atoms with Crippen molar-refractivity contribution in [2.24, 2.45) is 0 Å². The molecule has 20 heavy (non-hydrogen) atoms. The minimum atomic E-state index is -1.25. The first-order chi connectivity index (χ1) is 9.51. The molecule has 0 aliphatic carbocycles. The van der Waals surface area contributed by atoms with E-state index in [1.54, 1.807) is 29.9 Å². The summed E-state index contributed by atoms with van der Waals surface area (Å²) in [7, 11) is 1.54. The number of nitrogens with zero attached hydrogens (tertiary/aromatic N) is 1. The molecule has 0 bridgehead atoms. The summed E-state index contributed by atoms with van der Waals surface area (Å²) >= 11 is 5.94. The molecule has 0 atom stereocenters. The van der Waals surface area contributed by atoms with E-state index in [1.165, 1.54) is 18.5 Å². The molecule has 0 amide bonds. The average Bonchev–Trinajstić information content (AvgIpc) is 2.41. The number of halogens is 1. The molecule has 1 N–H and O–H groups in total. The van der Waals surface area contributed by atoms with Crippen LogP contribution < -0.4 is 10.2 Å². The zero-order valence-electron chi connectivity index (χ0n) is 10.7. The highest BCUT2D eigenvalue weighted by Gasteiger charge is 2.10. The van der Waals surface area contributed by atoms with Gasteiger partial charge in [0, 0.05) is 29.0 Å². The van der Waals surface area contributed by atoms with E-state index in [2.05, 4.69) is 0 Å². The molecular formula is C14H12ClNO4. The van der Waals surface area contributed by atoms with E-state index in [0.29, 0.717) is 17.3 Å². The Bertz CT molecular complexity index is 709. The largest absolute Gasteiger partial charge is 0.496 e. The van der Waals surface area contributed by atoms with Gasteiger partial charge in [-0.1, -0.05) is 11.6 Å². The van der Waals surface area contributed by atoms with Gasteiger partial charge in [0.05, 0.1) is 13.7 Å². The lowest BCUT2D eigenvalue weighted by atomic mass is 10.2. The molecule has 0 radical (unpaired) electrons. The van der Waals surface area contributed by atoms with E-state index in [4.69, 9.17) is 21.4 Å². The number of rotatable bonds is 4. The van der Waals surface area contributed by atoms with E-state index in [1.807, 2.05) is 0 Å². The second-order valence-electron chi connectivity index (χ2n) is 4.16. The number of aromatic nitrogens is 1. The van der Waals surface area contributed by atoms with Crippen LogP contribution in [0.3, 0.4) is 0 Å². The third-order valence-electron chi connectivity index (χ3n) is 2.80. The van der Waals surface area contributed by atoms with Gasteiger partial charge < -0.3 is 14.4 Å². The van der Waals surface area contributed by atoms with Crippen LogP contribution >= 0.6 is 11.6 Å². The molecule has 2 rings (SSSR count). The summed E-state index contributed by atoms with van der Waals surface area (Å²) in [6, 6.07) is 6.40. The normalized spacial score (nSPS) is 10.3. The van der Waals surface area contributed by atoms with Crippen LogP contribution in [0.4, 0.5) is 0 Å². The summed E-state index contributed by atoms with van der Waals surface area (Å²) in [5.41, 5.74) is 0.000270. The summed E-state index contributed by atoms with van der Waals surface area (Å²) in [6.45, 7) is 0.351. The molecule has 0 unspecified atom stereocenters. The number of benzene rings is 1. The maximum absolute atomic E-state index is 11.4. The predicted octanol–water partition coefficient (Wildman–Crippen LogP) is 2.26. The highest BCUT2D eigenvalue weighted by Crippen LogP contribution is 2.23. The van der Waals surface area contributed by atoms with Gasteiger partial charge in [-0.2, -0.15) is 0 Å². The van der Waals surface area contributed by atoms with Crippen molar-refractivity contribution in [2.45, 2.75) is 6.54 Å². The van der Waals surface area contributed by atoms with Gasteiger partial charge in [-0.25, -0.2) is 4.79 Å². The zero-order valence-corrected chi connectivity index (χ0v) is 11.4. The molecular weight excluding hydrogens is 282 g/mol. The molecule has 5 nitrogen and oxygen atoms in total. The number of ether oxygens (including phenoxy) is 1. The van der Waals surface area contributed by atoms with E-state index in [0.717, 1.165) is 5.56 Å². The third-order valence-corrected chi connectivity index (χ3v) is 3.04. The molecule has 0 saturated carbocycles. The van der Waals surface area contributed by atoms with E-state index in [9.17, 15) is 9.59 Å². The number of aromatic carboxylic acids is 1. The van der Waals surface area contributed by atoms with Crippen LogP contribution in [0.2, 0.25) is 5.02 Å². The van der Waals surface area contributed by atoms with Gasteiger partial charge in [-0.15, -0.1) is 0 Å². The van der Waals surface area contributed by atoms with Crippen LogP contribution in [0, 0.1) is 0 Å². The molecule has 1 heterocycles. The minimum absolute atomic E-state index is 0.270. The summed E-state index contributed by atoms with van der Waals surface area (Å²) < 4.78 is 6.82. The number of hydrogen-bond acceptors (Lipinski definition) is 3. The topological polar surface area (TPSA) is 68.5 Å². The number of carbonyl (C=O) groups is 1. The lowest BCUT2D eigenvalue weighted by Gasteiger charge is -2.11. The van der Waals surface area contributed by atoms with Crippen molar-refractivity contribution in [3.63, 3.8) is 0 Å². The van der Waals surface area contributed by atoms with Crippen molar-refractivity contribution in [1.29, 1.82) is 0 Å². The van der Waals surface area contributed by atoms with Crippen LogP contribution in [-0.4, -0.2) is 22.8 Å². The van der Waals surface area contributed by atoms with Gasteiger partial charge in [0.2, 0.25) is 0 Å². The maximum Gasteiger partial charge on any atom is 0.341 e. The Morgan fingerprint density at radius 3 is 2.80 bits per heavy atom. The van der Waals surface area contributed by atoms with Crippen LogP contribution in [0.15, 0.2) is 41.5 Å². The second kappa shape index (κ2) is 5.79.